The predicted octanol–water partition coefficient (Wildman–Crippen LogP) is 1.05. The SMILES string of the molecule is Cc1nnc2n1CCN(c1ccnc(Cl)n1)C2. The fourth-order valence-electron chi connectivity index (χ4n) is 2.00. The van der Waals surface area contributed by atoms with Crippen molar-refractivity contribution in [2.45, 2.75) is 20.0 Å². The van der Waals surface area contributed by atoms with Gasteiger partial charge < -0.3 is 9.47 Å². The number of halogens is 1. The Morgan fingerprint density at radius 3 is 3.00 bits per heavy atom. The van der Waals surface area contributed by atoms with Crippen LogP contribution in [0.2, 0.25) is 5.28 Å². The quantitative estimate of drug-likeness (QED) is 0.708. The largest absolute Gasteiger partial charge is 0.347 e. The summed E-state index contributed by atoms with van der Waals surface area (Å²) in [6, 6.07) is 1.85. The zero-order chi connectivity index (χ0) is 11.8. The summed E-state index contributed by atoms with van der Waals surface area (Å²) in [6.45, 7) is 4.41. The lowest BCUT2D eigenvalue weighted by molar-refractivity contribution is 0.547. The van der Waals surface area contributed by atoms with E-state index in [1.807, 2.05) is 13.0 Å². The topological polar surface area (TPSA) is 59.7 Å². The van der Waals surface area contributed by atoms with Crippen molar-refractivity contribution >= 4 is 17.4 Å². The Morgan fingerprint density at radius 1 is 1.29 bits per heavy atom. The molecule has 0 bridgehead atoms. The lowest BCUT2D eigenvalue weighted by Crippen LogP contribution is -2.34. The summed E-state index contributed by atoms with van der Waals surface area (Å²) in [5.74, 6) is 2.75. The zero-order valence-corrected chi connectivity index (χ0v) is 10.1. The summed E-state index contributed by atoms with van der Waals surface area (Å²) in [5.41, 5.74) is 0. The molecule has 1 aliphatic heterocycles. The van der Waals surface area contributed by atoms with Crippen molar-refractivity contribution in [3.8, 4) is 0 Å². The Bertz CT molecular complexity index is 551. The molecule has 0 atom stereocenters. The van der Waals surface area contributed by atoms with Crippen LogP contribution in [0.5, 0.6) is 0 Å². The highest BCUT2D eigenvalue weighted by Gasteiger charge is 2.20. The van der Waals surface area contributed by atoms with E-state index in [0.717, 1.165) is 30.6 Å². The van der Waals surface area contributed by atoms with Gasteiger partial charge in [0.25, 0.3) is 0 Å². The van der Waals surface area contributed by atoms with E-state index in [0.29, 0.717) is 6.54 Å². The monoisotopic (exact) mass is 250 g/mol. The molecule has 0 N–H and O–H groups in total. The number of nitrogens with zero attached hydrogens (tertiary/aromatic N) is 6. The molecule has 3 rings (SSSR count). The van der Waals surface area contributed by atoms with E-state index in [9.17, 15) is 0 Å². The molecule has 0 saturated carbocycles. The van der Waals surface area contributed by atoms with Crippen LogP contribution in [0.1, 0.15) is 11.6 Å². The van der Waals surface area contributed by atoms with Crippen molar-refractivity contribution in [3.05, 3.63) is 29.2 Å². The van der Waals surface area contributed by atoms with E-state index in [1.54, 1.807) is 6.20 Å². The van der Waals surface area contributed by atoms with Gasteiger partial charge in [-0.25, -0.2) is 9.97 Å². The molecule has 0 fully saturated rings. The third-order valence-electron chi connectivity index (χ3n) is 2.87. The highest BCUT2D eigenvalue weighted by atomic mass is 35.5. The van der Waals surface area contributed by atoms with Crippen molar-refractivity contribution in [2.75, 3.05) is 11.4 Å². The minimum Gasteiger partial charge on any atom is -0.347 e. The van der Waals surface area contributed by atoms with Crippen LogP contribution in [-0.4, -0.2) is 31.3 Å². The zero-order valence-electron chi connectivity index (χ0n) is 9.34. The van der Waals surface area contributed by atoms with Crippen LogP contribution in [0.15, 0.2) is 12.3 Å². The molecular formula is C10H11ClN6. The van der Waals surface area contributed by atoms with Gasteiger partial charge in [0.15, 0.2) is 5.82 Å². The molecular weight excluding hydrogens is 240 g/mol. The standard InChI is InChI=1S/C10H11ClN6/c1-7-14-15-9-6-16(4-5-17(7)9)8-2-3-12-10(11)13-8/h2-3H,4-6H2,1H3. The van der Waals surface area contributed by atoms with E-state index in [2.05, 4.69) is 29.6 Å². The summed E-state index contributed by atoms with van der Waals surface area (Å²) < 4.78 is 2.12. The summed E-state index contributed by atoms with van der Waals surface area (Å²) >= 11 is 5.79. The van der Waals surface area contributed by atoms with Crippen molar-refractivity contribution < 1.29 is 0 Å². The Hall–Kier alpha value is -1.69. The maximum Gasteiger partial charge on any atom is 0.224 e. The average molecular weight is 251 g/mol. The molecule has 0 amide bonds. The molecule has 0 aliphatic carbocycles. The Labute approximate surface area is 103 Å². The van der Waals surface area contributed by atoms with Gasteiger partial charge in [0.2, 0.25) is 5.28 Å². The smallest absolute Gasteiger partial charge is 0.224 e. The molecule has 2 aromatic rings. The molecule has 0 radical (unpaired) electrons. The fraction of sp³-hybridized carbons (Fsp3) is 0.400. The van der Waals surface area contributed by atoms with Crippen LogP contribution in [0, 0.1) is 6.92 Å². The van der Waals surface area contributed by atoms with Gasteiger partial charge in [-0.15, -0.1) is 10.2 Å². The van der Waals surface area contributed by atoms with E-state index in [1.165, 1.54) is 0 Å². The second-order valence-electron chi connectivity index (χ2n) is 3.92. The highest BCUT2D eigenvalue weighted by molar-refractivity contribution is 6.28. The molecule has 0 unspecified atom stereocenters. The first-order valence-corrected chi connectivity index (χ1v) is 5.74. The van der Waals surface area contributed by atoms with Crippen molar-refractivity contribution in [1.29, 1.82) is 0 Å². The van der Waals surface area contributed by atoms with Crippen LogP contribution < -0.4 is 4.90 Å². The van der Waals surface area contributed by atoms with Gasteiger partial charge in [-0.1, -0.05) is 0 Å². The van der Waals surface area contributed by atoms with Crippen molar-refractivity contribution in [1.82, 2.24) is 24.7 Å². The number of hydrogen-bond acceptors (Lipinski definition) is 5. The van der Waals surface area contributed by atoms with E-state index >= 15 is 0 Å². The first-order valence-electron chi connectivity index (χ1n) is 5.36. The van der Waals surface area contributed by atoms with E-state index < -0.39 is 0 Å². The number of rotatable bonds is 1. The van der Waals surface area contributed by atoms with E-state index in [4.69, 9.17) is 11.6 Å². The summed E-state index contributed by atoms with van der Waals surface area (Å²) in [4.78, 5) is 10.2. The average Bonchev–Trinajstić information content (AvgIpc) is 2.71. The fourth-order valence-corrected chi connectivity index (χ4v) is 2.14. The number of aromatic nitrogens is 5. The Morgan fingerprint density at radius 2 is 2.18 bits per heavy atom. The third kappa shape index (κ3) is 1.84. The van der Waals surface area contributed by atoms with Crippen LogP contribution in [0.25, 0.3) is 0 Å². The molecule has 3 heterocycles. The highest BCUT2D eigenvalue weighted by Crippen LogP contribution is 2.19. The molecule has 0 aromatic carbocycles. The van der Waals surface area contributed by atoms with Gasteiger partial charge in [-0.3, -0.25) is 0 Å². The normalized spacial score (nSPS) is 14.8. The summed E-state index contributed by atoms with van der Waals surface area (Å²) in [7, 11) is 0. The van der Waals surface area contributed by atoms with Crippen LogP contribution in [0.3, 0.4) is 0 Å². The first kappa shape index (κ1) is 10.5. The maximum absolute atomic E-state index is 5.79. The first-order chi connectivity index (χ1) is 8.24. The van der Waals surface area contributed by atoms with Crippen LogP contribution >= 0.6 is 11.6 Å². The summed E-state index contributed by atoms with van der Waals surface area (Å²) in [6.07, 6.45) is 1.66. The molecule has 7 heteroatoms. The lowest BCUT2D eigenvalue weighted by atomic mass is 10.3. The van der Waals surface area contributed by atoms with Gasteiger partial charge in [0.1, 0.15) is 11.6 Å². The number of fused-ring (bicyclic) bond motifs is 1. The molecule has 1 aliphatic rings. The molecule has 2 aromatic heterocycles. The predicted molar refractivity (Wildman–Crippen MR) is 62.9 cm³/mol. The Kier molecular flexibility index (Phi) is 2.44. The summed E-state index contributed by atoms with van der Waals surface area (Å²) in [5, 5.41) is 8.49. The second-order valence-corrected chi connectivity index (χ2v) is 4.26. The third-order valence-corrected chi connectivity index (χ3v) is 3.06. The maximum atomic E-state index is 5.79. The van der Waals surface area contributed by atoms with Crippen molar-refractivity contribution in [3.63, 3.8) is 0 Å². The van der Waals surface area contributed by atoms with Gasteiger partial charge in [-0.05, 0) is 24.6 Å². The number of hydrogen-bond donors (Lipinski definition) is 0. The van der Waals surface area contributed by atoms with Crippen LogP contribution in [-0.2, 0) is 13.1 Å². The number of aryl methyl sites for hydroxylation is 1. The molecule has 6 nitrogen and oxygen atoms in total. The van der Waals surface area contributed by atoms with Crippen molar-refractivity contribution in [2.24, 2.45) is 0 Å². The minimum atomic E-state index is 0.269. The van der Waals surface area contributed by atoms with Gasteiger partial charge in [0, 0.05) is 19.3 Å². The molecule has 0 spiro atoms. The minimum absolute atomic E-state index is 0.269. The molecule has 17 heavy (non-hydrogen) atoms. The second kappa shape index (κ2) is 3.96. The van der Waals surface area contributed by atoms with Gasteiger partial charge >= 0.3 is 0 Å². The molecule has 0 saturated heterocycles. The van der Waals surface area contributed by atoms with Gasteiger partial charge in [0.05, 0.1) is 6.54 Å². The molecule has 88 valence electrons. The van der Waals surface area contributed by atoms with Gasteiger partial charge in [-0.2, -0.15) is 0 Å². The number of anilines is 1. The lowest BCUT2D eigenvalue weighted by Gasteiger charge is -2.28. The van der Waals surface area contributed by atoms with E-state index in [-0.39, 0.29) is 5.28 Å². The van der Waals surface area contributed by atoms with Crippen LogP contribution in [0.4, 0.5) is 5.82 Å². The Balaban J connectivity index is 1.89.